The van der Waals surface area contributed by atoms with Crippen LogP contribution in [0, 0.1) is 31.1 Å². The molecule has 0 aliphatic rings. The Bertz CT molecular complexity index is 856. The van der Waals surface area contributed by atoms with E-state index < -0.39 is 0 Å². The lowest BCUT2D eigenvalue weighted by molar-refractivity contribution is 0.596. The molecule has 0 aliphatic carbocycles. The van der Waals surface area contributed by atoms with E-state index in [1.54, 1.807) is 6.20 Å². The van der Waals surface area contributed by atoms with Gasteiger partial charge in [0.15, 0.2) is 5.82 Å². The fraction of sp³-hybridized carbons (Fsp3) is 0.278. The summed E-state index contributed by atoms with van der Waals surface area (Å²) in [5.74, 6) is 0.740. The number of rotatable bonds is 3. The van der Waals surface area contributed by atoms with Crippen molar-refractivity contribution in [3.05, 3.63) is 47.7 Å². The lowest BCUT2D eigenvalue weighted by Gasteiger charge is -2.10. The van der Waals surface area contributed by atoms with Crippen molar-refractivity contribution in [3.63, 3.8) is 0 Å². The Labute approximate surface area is 130 Å². The van der Waals surface area contributed by atoms with Crippen LogP contribution in [0.2, 0.25) is 0 Å². The van der Waals surface area contributed by atoms with Crippen LogP contribution in [0.5, 0.6) is 0 Å². The molecule has 2 aromatic heterocycles. The number of nitrogens with zero attached hydrogens (tertiary/aromatic N) is 4. The van der Waals surface area contributed by atoms with Crippen LogP contribution in [0.3, 0.4) is 0 Å². The fourth-order valence-electron chi connectivity index (χ4n) is 2.57. The van der Waals surface area contributed by atoms with Crippen LogP contribution in [-0.4, -0.2) is 14.5 Å². The van der Waals surface area contributed by atoms with Crippen molar-refractivity contribution in [2.75, 3.05) is 0 Å². The lowest BCUT2D eigenvalue weighted by Crippen LogP contribution is -2.08. The molecular weight excluding hydrogens is 272 g/mol. The first kappa shape index (κ1) is 14.3. The zero-order chi connectivity index (χ0) is 15.7. The standard InChI is InChI=1S/C18H18N4/c1-12(10-19)11-22-17-9-14(3)13(2)8-16(17)21-18(22)15-6-4-5-7-20-15/h4-9,12H,11H2,1-3H3. The van der Waals surface area contributed by atoms with Crippen LogP contribution < -0.4 is 0 Å². The summed E-state index contributed by atoms with van der Waals surface area (Å²) < 4.78 is 2.11. The van der Waals surface area contributed by atoms with E-state index in [0.717, 1.165) is 22.6 Å². The summed E-state index contributed by atoms with van der Waals surface area (Å²) in [5.41, 5.74) is 5.29. The average molecular weight is 290 g/mol. The summed E-state index contributed by atoms with van der Waals surface area (Å²) in [6.07, 6.45) is 1.77. The number of hydrogen-bond acceptors (Lipinski definition) is 3. The van der Waals surface area contributed by atoms with Gasteiger partial charge in [0.05, 0.1) is 23.0 Å². The zero-order valence-electron chi connectivity index (χ0n) is 13.0. The maximum Gasteiger partial charge on any atom is 0.159 e. The molecule has 1 atom stereocenters. The molecule has 0 bridgehead atoms. The Morgan fingerprint density at radius 1 is 1.23 bits per heavy atom. The number of benzene rings is 1. The summed E-state index contributed by atoms with van der Waals surface area (Å²) in [5, 5.41) is 9.17. The molecule has 0 saturated heterocycles. The van der Waals surface area contributed by atoms with Crippen LogP contribution in [-0.2, 0) is 6.54 Å². The van der Waals surface area contributed by atoms with Crippen LogP contribution in [0.15, 0.2) is 36.5 Å². The molecule has 1 unspecified atom stereocenters. The average Bonchev–Trinajstić information content (AvgIpc) is 2.86. The molecule has 3 rings (SSSR count). The largest absolute Gasteiger partial charge is 0.321 e. The molecule has 0 spiro atoms. The van der Waals surface area contributed by atoms with Crippen LogP contribution in [0.1, 0.15) is 18.1 Å². The van der Waals surface area contributed by atoms with Gasteiger partial charge in [0.25, 0.3) is 0 Å². The van der Waals surface area contributed by atoms with Gasteiger partial charge in [0.1, 0.15) is 5.69 Å². The van der Waals surface area contributed by atoms with Gasteiger partial charge in [-0.1, -0.05) is 6.07 Å². The molecule has 22 heavy (non-hydrogen) atoms. The topological polar surface area (TPSA) is 54.5 Å². The third-order valence-corrected chi connectivity index (χ3v) is 3.93. The van der Waals surface area contributed by atoms with E-state index in [-0.39, 0.29) is 5.92 Å². The Morgan fingerprint density at radius 2 is 2.00 bits per heavy atom. The van der Waals surface area contributed by atoms with Gasteiger partial charge in [-0.25, -0.2) is 4.98 Å². The van der Waals surface area contributed by atoms with E-state index in [2.05, 4.69) is 41.6 Å². The van der Waals surface area contributed by atoms with Gasteiger partial charge < -0.3 is 4.57 Å². The van der Waals surface area contributed by atoms with Gasteiger partial charge in [-0.15, -0.1) is 0 Å². The van der Waals surface area contributed by atoms with Crippen molar-refractivity contribution in [1.29, 1.82) is 5.26 Å². The smallest absolute Gasteiger partial charge is 0.159 e. The quantitative estimate of drug-likeness (QED) is 0.735. The van der Waals surface area contributed by atoms with Crippen molar-refractivity contribution in [3.8, 4) is 17.6 Å². The number of nitriles is 1. The summed E-state index contributed by atoms with van der Waals surface area (Å²) in [7, 11) is 0. The minimum absolute atomic E-state index is 0.0820. The molecule has 0 saturated carbocycles. The summed E-state index contributed by atoms with van der Waals surface area (Å²) in [6, 6.07) is 12.4. The van der Waals surface area contributed by atoms with Crippen molar-refractivity contribution >= 4 is 11.0 Å². The second-order valence-corrected chi connectivity index (χ2v) is 5.72. The molecule has 4 nitrogen and oxygen atoms in total. The summed E-state index contributed by atoms with van der Waals surface area (Å²) >= 11 is 0. The molecule has 0 radical (unpaired) electrons. The Hall–Kier alpha value is -2.67. The van der Waals surface area contributed by atoms with Crippen LogP contribution in [0.25, 0.3) is 22.6 Å². The van der Waals surface area contributed by atoms with Gasteiger partial charge in [-0.05, 0) is 56.2 Å². The number of aryl methyl sites for hydroxylation is 2. The van der Waals surface area contributed by atoms with Crippen molar-refractivity contribution in [2.24, 2.45) is 5.92 Å². The highest BCUT2D eigenvalue weighted by atomic mass is 15.1. The predicted octanol–water partition coefficient (Wildman–Crippen LogP) is 3.87. The molecule has 0 fully saturated rings. The second-order valence-electron chi connectivity index (χ2n) is 5.72. The maximum atomic E-state index is 9.17. The molecular formula is C18H18N4. The van der Waals surface area contributed by atoms with Crippen molar-refractivity contribution < 1.29 is 0 Å². The number of aromatic nitrogens is 3. The highest BCUT2D eigenvalue weighted by Crippen LogP contribution is 2.26. The zero-order valence-corrected chi connectivity index (χ0v) is 13.0. The molecule has 0 N–H and O–H groups in total. The molecule has 0 aliphatic heterocycles. The van der Waals surface area contributed by atoms with E-state index >= 15 is 0 Å². The Balaban J connectivity index is 2.26. The molecule has 2 heterocycles. The SMILES string of the molecule is Cc1cc2nc(-c3ccccn3)n(CC(C)C#N)c2cc1C. The normalized spacial score (nSPS) is 12.3. The second kappa shape index (κ2) is 5.61. The first-order valence-electron chi connectivity index (χ1n) is 7.38. The van der Waals surface area contributed by atoms with E-state index in [4.69, 9.17) is 10.2 Å². The first-order valence-corrected chi connectivity index (χ1v) is 7.38. The Morgan fingerprint density at radius 3 is 2.68 bits per heavy atom. The number of pyridine rings is 1. The number of imidazole rings is 1. The van der Waals surface area contributed by atoms with Gasteiger partial charge in [-0.2, -0.15) is 5.26 Å². The number of fused-ring (bicyclic) bond motifs is 1. The molecule has 1 aromatic carbocycles. The Kier molecular flexibility index (Phi) is 3.64. The van der Waals surface area contributed by atoms with Gasteiger partial charge in [0.2, 0.25) is 0 Å². The first-order chi connectivity index (χ1) is 10.6. The monoisotopic (exact) mass is 290 g/mol. The fourth-order valence-corrected chi connectivity index (χ4v) is 2.57. The van der Waals surface area contributed by atoms with Gasteiger partial charge in [0, 0.05) is 12.7 Å². The van der Waals surface area contributed by atoms with Crippen molar-refractivity contribution in [2.45, 2.75) is 27.3 Å². The molecule has 4 heteroatoms. The van der Waals surface area contributed by atoms with Crippen LogP contribution in [0.4, 0.5) is 0 Å². The molecule has 3 aromatic rings. The van der Waals surface area contributed by atoms with E-state index in [0.29, 0.717) is 6.54 Å². The van der Waals surface area contributed by atoms with E-state index in [1.165, 1.54) is 11.1 Å². The minimum atomic E-state index is -0.0820. The summed E-state index contributed by atoms with van der Waals surface area (Å²) in [6.45, 7) is 6.73. The van der Waals surface area contributed by atoms with Crippen molar-refractivity contribution in [1.82, 2.24) is 14.5 Å². The predicted molar refractivity (Wildman–Crippen MR) is 87.2 cm³/mol. The molecule has 110 valence electrons. The van der Waals surface area contributed by atoms with Gasteiger partial charge >= 0.3 is 0 Å². The third kappa shape index (κ3) is 2.46. The van der Waals surface area contributed by atoms with E-state index in [1.807, 2.05) is 25.1 Å². The third-order valence-electron chi connectivity index (χ3n) is 3.93. The maximum absolute atomic E-state index is 9.17. The van der Waals surface area contributed by atoms with E-state index in [9.17, 15) is 0 Å². The molecule has 0 amide bonds. The highest BCUT2D eigenvalue weighted by molar-refractivity contribution is 5.81. The highest BCUT2D eigenvalue weighted by Gasteiger charge is 2.16. The lowest BCUT2D eigenvalue weighted by atomic mass is 10.1. The minimum Gasteiger partial charge on any atom is -0.321 e. The summed E-state index contributed by atoms with van der Waals surface area (Å²) in [4.78, 5) is 9.18. The number of hydrogen-bond donors (Lipinski definition) is 0. The van der Waals surface area contributed by atoms with Crippen LogP contribution >= 0.6 is 0 Å². The van der Waals surface area contributed by atoms with Gasteiger partial charge in [-0.3, -0.25) is 4.98 Å².